The molecule has 0 radical (unpaired) electrons. The summed E-state index contributed by atoms with van der Waals surface area (Å²) < 4.78 is 5.65. The van der Waals surface area contributed by atoms with Crippen molar-refractivity contribution in [2.24, 2.45) is 5.92 Å². The maximum absolute atomic E-state index is 12.0. The molecular formula is C16H24N2O3. The van der Waals surface area contributed by atoms with Gasteiger partial charge in [-0.3, -0.25) is 0 Å². The molecule has 5 heteroatoms. The van der Waals surface area contributed by atoms with E-state index in [1.165, 1.54) is 12.8 Å². The Bertz CT molecular complexity index is 461. The van der Waals surface area contributed by atoms with Gasteiger partial charge >= 0.3 is 6.03 Å². The standard InChI is InChI=1S/C16H24N2O3/c1-2-18(8-9-19)16(20)17-15-5-3-4-14(10-15)12-21-11-13-6-7-13/h3-5,10,13,19H,2,6-9,11-12H2,1H3,(H,17,20). The van der Waals surface area contributed by atoms with Gasteiger partial charge in [0.05, 0.1) is 13.2 Å². The lowest BCUT2D eigenvalue weighted by Crippen LogP contribution is -2.36. The van der Waals surface area contributed by atoms with E-state index < -0.39 is 0 Å². The van der Waals surface area contributed by atoms with Gasteiger partial charge in [-0.1, -0.05) is 12.1 Å². The van der Waals surface area contributed by atoms with Crippen LogP contribution in [0.4, 0.5) is 10.5 Å². The molecule has 1 aliphatic carbocycles. The smallest absolute Gasteiger partial charge is 0.321 e. The van der Waals surface area contributed by atoms with Gasteiger partial charge in [-0.05, 0) is 43.4 Å². The van der Waals surface area contributed by atoms with E-state index in [9.17, 15) is 4.79 Å². The number of hydrogen-bond acceptors (Lipinski definition) is 3. The number of aliphatic hydroxyl groups is 1. The van der Waals surface area contributed by atoms with Crippen molar-refractivity contribution >= 4 is 11.7 Å². The highest BCUT2D eigenvalue weighted by Crippen LogP contribution is 2.29. The fourth-order valence-corrected chi connectivity index (χ4v) is 2.09. The first-order valence-corrected chi connectivity index (χ1v) is 7.56. The van der Waals surface area contributed by atoms with E-state index in [0.717, 1.165) is 23.8 Å². The second kappa shape index (κ2) is 8.00. The van der Waals surface area contributed by atoms with E-state index in [2.05, 4.69) is 5.32 Å². The fourth-order valence-electron chi connectivity index (χ4n) is 2.09. The molecule has 0 aliphatic heterocycles. The third-order valence-electron chi connectivity index (χ3n) is 3.54. The van der Waals surface area contributed by atoms with Crippen LogP contribution < -0.4 is 5.32 Å². The number of nitrogens with zero attached hydrogens (tertiary/aromatic N) is 1. The summed E-state index contributed by atoms with van der Waals surface area (Å²) in [5.41, 5.74) is 1.81. The number of rotatable bonds is 8. The van der Waals surface area contributed by atoms with Crippen LogP contribution in [0, 0.1) is 5.92 Å². The fraction of sp³-hybridized carbons (Fsp3) is 0.562. The minimum atomic E-state index is -0.192. The Morgan fingerprint density at radius 3 is 2.95 bits per heavy atom. The maximum Gasteiger partial charge on any atom is 0.321 e. The molecule has 0 unspecified atom stereocenters. The molecule has 1 aliphatic rings. The number of aliphatic hydroxyl groups excluding tert-OH is 1. The molecule has 1 aromatic rings. The number of carbonyl (C=O) groups is 1. The van der Waals surface area contributed by atoms with Gasteiger partial charge in [0.1, 0.15) is 0 Å². The summed E-state index contributed by atoms with van der Waals surface area (Å²) in [6.07, 6.45) is 2.57. The van der Waals surface area contributed by atoms with Crippen molar-refractivity contribution in [3.05, 3.63) is 29.8 Å². The highest BCUT2D eigenvalue weighted by molar-refractivity contribution is 5.89. The van der Waals surface area contributed by atoms with E-state index in [1.807, 2.05) is 31.2 Å². The van der Waals surface area contributed by atoms with Crippen molar-refractivity contribution < 1.29 is 14.6 Å². The second-order valence-electron chi connectivity index (χ2n) is 5.39. The van der Waals surface area contributed by atoms with Gasteiger partial charge in [-0.2, -0.15) is 0 Å². The number of ether oxygens (including phenoxy) is 1. The third-order valence-corrected chi connectivity index (χ3v) is 3.54. The predicted octanol–water partition coefficient (Wildman–Crippen LogP) is 2.46. The molecule has 0 heterocycles. The summed E-state index contributed by atoms with van der Waals surface area (Å²) in [5.74, 6) is 0.754. The van der Waals surface area contributed by atoms with Crippen molar-refractivity contribution in [1.82, 2.24) is 4.90 Å². The summed E-state index contributed by atoms with van der Waals surface area (Å²) in [5, 5.41) is 11.8. The Morgan fingerprint density at radius 2 is 2.29 bits per heavy atom. The molecule has 2 amide bonds. The lowest BCUT2D eigenvalue weighted by Gasteiger charge is -2.20. The molecule has 1 saturated carbocycles. The number of urea groups is 1. The molecule has 2 rings (SSSR count). The van der Waals surface area contributed by atoms with Crippen molar-refractivity contribution in [3.63, 3.8) is 0 Å². The number of carbonyl (C=O) groups excluding carboxylic acids is 1. The van der Waals surface area contributed by atoms with Crippen LogP contribution in [0.3, 0.4) is 0 Å². The van der Waals surface area contributed by atoms with E-state index in [4.69, 9.17) is 9.84 Å². The third kappa shape index (κ3) is 5.36. The van der Waals surface area contributed by atoms with Gasteiger partial charge in [0.25, 0.3) is 0 Å². The lowest BCUT2D eigenvalue weighted by atomic mass is 10.2. The number of anilines is 1. The van der Waals surface area contributed by atoms with Gasteiger partial charge in [0, 0.05) is 25.4 Å². The molecule has 0 bridgehead atoms. The molecule has 1 aromatic carbocycles. The quantitative estimate of drug-likeness (QED) is 0.773. The Balaban J connectivity index is 1.85. The molecule has 0 aromatic heterocycles. The van der Waals surface area contributed by atoms with Gasteiger partial charge < -0.3 is 20.1 Å². The second-order valence-corrected chi connectivity index (χ2v) is 5.39. The number of benzene rings is 1. The van der Waals surface area contributed by atoms with Gasteiger partial charge in [-0.15, -0.1) is 0 Å². The van der Waals surface area contributed by atoms with Crippen molar-refractivity contribution in [2.45, 2.75) is 26.4 Å². The first kappa shape index (κ1) is 15.8. The molecule has 116 valence electrons. The average Bonchev–Trinajstić information content (AvgIpc) is 3.29. The molecule has 0 spiro atoms. The summed E-state index contributed by atoms with van der Waals surface area (Å²) in [6, 6.07) is 7.50. The topological polar surface area (TPSA) is 61.8 Å². The predicted molar refractivity (Wildman–Crippen MR) is 82.2 cm³/mol. The number of nitrogens with one attached hydrogen (secondary N) is 1. The van der Waals surface area contributed by atoms with Crippen molar-refractivity contribution in [1.29, 1.82) is 0 Å². The van der Waals surface area contributed by atoms with Crippen LogP contribution in [0.2, 0.25) is 0 Å². The molecule has 0 atom stereocenters. The van der Waals surface area contributed by atoms with E-state index in [0.29, 0.717) is 19.7 Å². The van der Waals surface area contributed by atoms with Crippen LogP contribution >= 0.6 is 0 Å². The van der Waals surface area contributed by atoms with Crippen LogP contribution in [-0.4, -0.2) is 42.3 Å². The lowest BCUT2D eigenvalue weighted by molar-refractivity contribution is 0.111. The van der Waals surface area contributed by atoms with Gasteiger partial charge in [-0.25, -0.2) is 4.79 Å². The first-order valence-electron chi connectivity index (χ1n) is 7.56. The average molecular weight is 292 g/mol. The molecular weight excluding hydrogens is 268 g/mol. The van der Waals surface area contributed by atoms with Crippen LogP contribution in [0.25, 0.3) is 0 Å². The van der Waals surface area contributed by atoms with Crippen LogP contribution in [0.1, 0.15) is 25.3 Å². The number of amides is 2. The highest BCUT2D eigenvalue weighted by atomic mass is 16.5. The van der Waals surface area contributed by atoms with E-state index in [-0.39, 0.29) is 12.6 Å². The summed E-state index contributed by atoms with van der Waals surface area (Å²) in [6.45, 7) is 4.17. The Kier molecular flexibility index (Phi) is 6.02. The molecule has 1 fully saturated rings. The molecule has 0 saturated heterocycles. The Morgan fingerprint density at radius 1 is 1.48 bits per heavy atom. The van der Waals surface area contributed by atoms with E-state index in [1.54, 1.807) is 4.90 Å². The zero-order valence-electron chi connectivity index (χ0n) is 12.5. The first-order chi connectivity index (χ1) is 10.2. The van der Waals surface area contributed by atoms with Crippen molar-refractivity contribution in [2.75, 3.05) is 31.6 Å². The van der Waals surface area contributed by atoms with Gasteiger partial charge in [0.2, 0.25) is 0 Å². The zero-order chi connectivity index (χ0) is 15.1. The molecule has 2 N–H and O–H groups in total. The van der Waals surface area contributed by atoms with Crippen LogP contribution in [0.5, 0.6) is 0 Å². The largest absolute Gasteiger partial charge is 0.395 e. The van der Waals surface area contributed by atoms with Crippen LogP contribution in [0.15, 0.2) is 24.3 Å². The minimum Gasteiger partial charge on any atom is -0.395 e. The van der Waals surface area contributed by atoms with Crippen LogP contribution in [-0.2, 0) is 11.3 Å². The van der Waals surface area contributed by atoms with E-state index >= 15 is 0 Å². The Hall–Kier alpha value is -1.59. The monoisotopic (exact) mass is 292 g/mol. The highest BCUT2D eigenvalue weighted by Gasteiger charge is 2.21. The number of likely N-dealkylation sites (N-methyl/N-ethyl adjacent to an activating group) is 1. The SMILES string of the molecule is CCN(CCO)C(=O)Nc1cccc(COCC2CC2)c1. The Labute approximate surface area is 125 Å². The summed E-state index contributed by atoms with van der Waals surface area (Å²) in [4.78, 5) is 13.6. The summed E-state index contributed by atoms with van der Waals surface area (Å²) in [7, 11) is 0. The maximum atomic E-state index is 12.0. The van der Waals surface area contributed by atoms with Gasteiger partial charge in [0.15, 0.2) is 0 Å². The summed E-state index contributed by atoms with van der Waals surface area (Å²) >= 11 is 0. The molecule has 21 heavy (non-hydrogen) atoms. The zero-order valence-corrected chi connectivity index (χ0v) is 12.5. The normalized spacial score (nSPS) is 14.0. The number of hydrogen-bond donors (Lipinski definition) is 2. The molecule has 5 nitrogen and oxygen atoms in total. The van der Waals surface area contributed by atoms with Crippen molar-refractivity contribution in [3.8, 4) is 0 Å². The minimum absolute atomic E-state index is 0.0314.